The second-order valence-corrected chi connectivity index (χ2v) is 22.4. The highest BCUT2D eigenvalue weighted by atomic mass is 16.5. The van der Waals surface area contributed by atoms with E-state index in [1.54, 1.807) is 57.5 Å². The van der Waals surface area contributed by atoms with Crippen LogP contribution in [-0.4, -0.2) is 161 Å². The van der Waals surface area contributed by atoms with Gasteiger partial charge >= 0.3 is 12.1 Å². The Morgan fingerprint density at radius 2 is 1.36 bits per heavy atom. The molecule has 1 fully saturated rings. The first kappa shape index (κ1) is 67.1. The second kappa shape index (κ2) is 33.5. The normalized spacial score (nSPS) is 17.4. The van der Waals surface area contributed by atoms with Gasteiger partial charge in [-0.05, 0) is 99.9 Å². The largest absolute Gasteiger partial charge is 0.445 e. The zero-order chi connectivity index (χ0) is 59.9. The first-order chi connectivity index (χ1) is 38.6. The number of likely N-dealkylation sites (N-methyl/N-ethyl adjacent to an activating group) is 3. The summed E-state index contributed by atoms with van der Waals surface area (Å²) >= 11 is 0. The lowest BCUT2D eigenvalue weighted by atomic mass is 9.89. The number of alkyl carbamates (subject to hydrolysis) is 1. The number of carbonyl (C=O) groups excluding carboxylic acids is 7. The van der Waals surface area contributed by atoms with Gasteiger partial charge in [0, 0.05) is 46.0 Å². The molecule has 20 nitrogen and oxygen atoms in total. The van der Waals surface area contributed by atoms with Crippen molar-refractivity contribution in [2.75, 3.05) is 67.4 Å². The number of nitrogens with two attached hydrogens (primary N) is 1. The van der Waals surface area contributed by atoms with Gasteiger partial charge in [0.1, 0.15) is 18.4 Å². The number of anilines is 1. The number of nitrogens with one attached hydrogen (secondary N) is 6. The number of likely N-dealkylation sites (tertiary alicyclic amines) is 1. The van der Waals surface area contributed by atoms with Crippen LogP contribution in [0, 0.1) is 23.7 Å². The highest BCUT2D eigenvalue weighted by molar-refractivity contribution is 5.95. The third-order valence-corrected chi connectivity index (χ3v) is 15.6. The Morgan fingerprint density at radius 1 is 0.753 bits per heavy atom. The molecule has 1 heterocycles. The number of benzene rings is 3. The number of primary amides is 1. The van der Waals surface area contributed by atoms with Crippen LogP contribution in [0.4, 0.5) is 15.3 Å². The van der Waals surface area contributed by atoms with Crippen molar-refractivity contribution in [3.8, 4) is 0 Å². The molecule has 4 rings (SSSR count). The van der Waals surface area contributed by atoms with Crippen LogP contribution < -0.4 is 37.6 Å². The maximum atomic E-state index is 14.7. The van der Waals surface area contributed by atoms with Crippen molar-refractivity contribution in [3.63, 3.8) is 0 Å². The molecule has 448 valence electrons. The second-order valence-electron chi connectivity index (χ2n) is 22.4. The van der Waals surface area contributed by atoms with Crippen LogP contribution in [0.5, 0.6) is 0 Å². The van der Waals surface area contributed by atoms with E-state index in [4.69, 9.17) is 19.9 Å². The van der Waals surface area contributed by atoms with Crippen molar-refractivity contribution in [1.82, 2.24) is 41.3 Å². The molecule has 0 aromatic heterocycles. The van der Waals surface area contributed by atoms with Crippen molar-refractivity contribution in [2.45, 2.75) is 148 Å². The lowest BCUT2D eigenvalue weighted by Gasteiger charge is -2.40. The molecule has 0 radical (unpaired) electrons. The Hall–Kier alpha value is -6.45. The Morgan fingerprint density at radius 3 is 1.88 bits per heavy atom. The number of methoxy groups -OCH3 is 2. The van der Waals surface area contributed by atoms with E-state index in [1.165, 1.54) is 0 Å². The molecule has 1 aliphatic heterocycles. The number of Topliss-reactive ketones (excluding diaryl/α,β-unsaturated/α-hetero) is 1. The van der Waals surface area contributed by atoms with E-state index in [9.17, 15) is 33.6 Å². The van der Waals surface area contributed by atoms with Gasteiger partial charge in [0.15, 0.2) is 0 Å². The number of urea groups is 1. The summed E-state index contributed by atoms with van der Waals surface area (Å²) < 4.78 is 18.0. The van der Waals surface area contributed by atoms with Crippen molar-refractivity contribution in [3.05, 3.63) is 102 Å². The smallest absolute Gasteiger partial charge is 0.408 e. The zero-order valence-corrected chi connectivity index (χ0v) is 50.2. The van der Waals surface area contributed by atoms with Crippen molar-refractivity contribution in [2.24, 2.45) is 29.4 Å². The van der Waals surface area contributed by atoms with Crippen molar-refractivity contribution >= 4 is 47.2 Å². The van der Waals surface area contributed by atoms with Gasteiger partial charge in [-0.3, -0.25) is 33.8 Å². The molecule has 3 aromatic carbocycles. The number of hydrogen-bond acceptors (Lipinski definition) is 13. The SMILES string of the molecule is CC[C@@H](C)[C@H]([C@H](CC(=O)CN1CCC[C@@H]1[C@@H](OC)[C@H](C)C(=O)N[C@H](c1ccccc1)[C@@H](NC(=O)OCc1ccc(NC(=O)[C@H](CCCNC(N)=O)NC)cc1)c1ccccc1)OC)N(C)C(=O)[C@H](NC(=O)[C@@H](C(C)C)N(C)C)C(C)C. The molecular formula is C61H94N10O10. The number of ketones is 1. The zero-order valence-electron chi connectivity index (χ0n) is 50.2. The average molecular weight is 1130 g/mol. The van der Waals surface area contributed by atoms with Gasteiger partial charge in [0.25, 0.3) is 0 Å². The molecule has 0 spiro atoms. The van der Waals surface area contributed by atoms with E-state index in [0.29, 0.717) is 50.0 Å². The minimum absolute atomic E-state index is 0.0194. The molecule has 0 saturated carbocycles. The molecule has 20 heteroatoms. The molecule has 8 N–H and O–H groups in total. The Bertz CT molecular complexity index is 2440. The summed E-state index contributed by atoms with van der Waals surface area (Å²) in [6.45, 7) is 14.6. The van der Waals surface area contributed by atoms with Crippen LogP contribution in [0.15, 0.2) is 84.9 Å². The van der Waals surface area contributed by atoms with E-state index in [-0.39, 0.29) is 72.8 Å². The van der Waals surface area contributed by atoms with Gasteiger partial charge in [-0.15, -0.1) is 0 Å². The van der Waals surface area contributed by atoms with E-state index in [0.717, 1.165) is 17.5 Å². The molecule has 1 saturated heterocycles. The quantitative estimate of drug-likeness (QED) is 0.0337. The van der Waals surface area contributed by atoms with Crippen LogP contribution in [0.1, 0.15) is 116 Å². The number of nitrogens with zero attached hydrogens (tertiary/aromatic N) is 3. The molecule has 0 aliphatic carbocycles. The average Bonchev–Trinajstić information content (AvgIpc) is 3.92. The molecular weight excluding hydrogens is 1030 g/mol. The van der Waals surface area contributed by atoms with Crippen molar-refractivity contribution in [1.29, 1.82) is 0 Å². The lowest BCUT2D eigenvalue weighted by Crippen LogP contribution is -2.59. The van der Waals surface area contributed by atoms with Crippen molar-refractivity contribution < 1.29 is 47.8 Å². The fraction of sp³-hybridized carbons (Fsp3) is 0.590. The minimum Gasteiger partial charge on any atom is -0.445 e. The predicted octanol–water partition coefficient (Wildman–Crippen LogP) is 6.18. The van der Waals surface area contributed by atoms with Crippen LogP contribution in [0.3, 0.4) is 0 Å². The van der Waals surface area contributed by atoms with Crippen LogP contribution in [-0.2, 0) is 44.8 Å². The third-order valence-electron chi connectivity index (χ3n) is 15.6. The predicted molar refractivity (Wildman–Crippen MR) is 315 cm³/mol. The maximum Gasteiger partial charge on any atom is 0.408 e. The topological polar surface area (TPSA) is 255 Å². The third kappa shape index (κ3) is 19.9. The number of hydrogen-bond donors (Lipinski definition) is 7. The van der Waals surface area contributed by atoms with E-state index in [2.05, 4.69) is 36.8 Å². The number of carbonyl (C=O) groups is 7. The van der Waals surface area contributed by atoms with E-state index >= 15 is 0 Å². The summed E-state index contributed by atoms with van der Waals surface area (Å²) in [5.41, 5.74) is 7.81. The Labute approximate surface area is 481 Å². The number of ether oxygens (including phenoxy) is 3. The van der Waals surface area contributed by atoms with E-state index < -0.39 is 66.5 Å². The highest BCUT2D eigenvalue weighted by Crippen LogP contribution is 2.32. The number of rotatable bonds is 33. The lowest BCUT2D eigenvalue weighted by molar-refractivity contribution is -0.144. The van der Waals surface area contributed by atoms with Gasteiger partial charge in [0.05, 0.1) is 54.9 Å². The fourth-order valence-corrected chi connectivity index (χ4v) is 11.1. The Kier molecular flexibility index (Phi) is 27.7. The molecule has 0 bridgehead atoms. The van der Waals surface area contributed by atoms with Gasteiger partial charge in [0.2, 0.25) is 23.6 Å². The molecule has 7 amide bonds. The Balaban J connectivity index is 1.48. The van der Waals surface area contributed by atoms with Gasteiger partial charge in [-0.2, -0.15) is 0 Å². The first-order valence-corrected chi connectivity index (χ1v) is 28.6. The van der Waals surface area contributed by atoms with Crippen LogP contribution >= 0.6 is 0 Å². The van der Waals surface area contributed by atoms with Crippen LogP contribution in [0.2, 0.25) is 0 Å². The summed E-state index contributed by atoms with van der Waals surface area (Å²) in [6, 6.07) is 21.0. The van der Waals surface area contributed by atoms with Crippen LogP contribution in [0.25, 0.3) is 0 Å². The fourth-order valence-electron chi connectivity index (χ4n) is 11.1. The van der Waals surface area contributed by atoms with Gasteiger partial charge in [-0.25, -0.2) is 9.59 Å². The highest BCUT2D eigenvalue weighted by Gasteiger charge is 2.42. The summed E-state index contributed by atoms with van der Waals surface area (Å²) in [7, 11) is 10.3. The molecule has 0 unspecified atom stereocenters. The van der Waals surface area contributed by atoms with E-state index in [1.807, 2.05) is 128 Å². The first-order valence-electron chi connectivity index (χ1n) is 28.6. The molecule has 11 atom stereocenters. The molecule has 1 aliphatic rings. The summed E-state index contributed by atoms with van der Waals surface area (Å²) in [5, 5.41) is 17.8. The molecule has 3 aromatic rings. The molecule has 81 heavy (non-hydrogen) atoms. The summed E-state index contributed by atoms with van der Waals surface area (Å²) in [5.74, 6) is -2.05. The minimum atomic E-state index is -0.791. The summed E-state index contributed by atoms with van der Waals surface area (Å²) in [4.78, 5) is 100. The van der Waals surface area contributed by atoms with Gasteiger partial charge < -0.3 is 56.7 Å². The number of amides is 7. The monoisotopic (exact) mass is 1130 g/mol. The maximum absolute atomic E-state index is 14.7. The summed E-state index contributed by atoms with van der Waals surface area (Å²) in [6.07, 6.45) is 1.27. The van der Waals surface area contributed by atoms with Gasteiger partial charge in [-0.1, -0.05) is 128 Å². The standard InChI is InChI=1S/C61H94N10O10/c1-14-40(6)54(70(11)59(76)50(38(2)3)66-58(75)53(39(4)5)69(9)10)49(79-12)35-46(72)36-71-34-22-28-48(71)55(80-13)41(7)56(73)67-51(43-23-17-15-18-24-43)52(44-25-19-16-20-26-44)68-61(78)81-37-42-29-31-45(32-30-42)65-57(74)47(63-8)27-21-33-64-60(62)77/h15-20,23-26,29-32,38-41,47-55,63H,14,21-22,27-28,33-37H2,1-13H3,(H,65,74)(H,66,75)(H,67,73)(H,68,78)(H3,62,64,77)/t40-,41+,47+,48-,49+,50-,51-,52+,53-,54-,55+/m1/s1.